The second-order valence-electron chi connectivity index (χ2n) is 2.98. The molecule has 0 unspecified atom stereocenters. The molecule has 0 saturated carbocycles. The van der Waals surface area contributed by atoms with Crippen molar-refractivity contribution >= 4 is 18.8 Å². The van der Waals surface area contributed by atoms with Gasteiger partial charge in [0.15, 0.2) is 5.78 Å². The van der Waals surface area contributed by atoms with Gasteiger partial charge in [-0.1, -0.05) is 19.0 Å². The molecule has 14 heavy (non-hydrogen) atoms. The first kappa shape index (κ1) is 10.4. The largest absolute Gasteiger partial charge is 0.295 e. The van der Waals surface area contributed by atoms with Gasteiger partial charge in [0.05, 0.1) is 4.92 Å². The Morgan fingerprint density at radius 1 is 1.57 bits per heavy atom. The fourth-order valence-corrected chi connectivity index (χ4v) is 1.16. The van der Waals surface area contributed by atoms with E-state index >= 15 is 0 Å². The van der Waals surface area contributed by atoms with Crippen LogP contribution in [0.25, 0.3) is 0 Å². The molecule has 0 N–H and O–H groups in total. The third-order valence-electron chi connectivity index (χ3n) is 1.86. The van der Waals surface area contributed by atoms with Crippen LogP contribution in [0.2, 0.25) is 13.1 Å². The summed E-state index contributed by atoms with van der Waals surface area (Å²) in [4.78, 5) is 21.3. The first-order valence-corrected chi connectivity index (χ1v) is 4.42. The Kier molecular flexibility index (Phi) is 3.39. The summed E-state index contributed by atoms with van der Waals surface area (Å²) in [6.45, 7) is 1.90. The van der Waals surface area contributed by atoms with Gasteiger partial charge >= 0.3 is 0 Å². The number of nitrogens with zero attached hydrogens (tertiary/aromatic N) is 1. The fraction of sp³-hybridized carbons (Fsp3) is 0.222. The second-order valence-corrected chi connectivity index (χ2v) is 2.98. The highest BCUT2D eigenvalue weighted by Gasteiger charge is 2.10. The summed E-state index contributed by atoms with van der Waals surface area (Å²) < 4.78 is 0. The van der Waals surface area contributed by atoms with Crippen molar-refractivity contribution in [2.45, 2.75) is 13.1 Å². The number of carbonyl (C=O) groups is 1. The van der Waals surface area contributed by atoms with Crippen molar-refractivity contribution in [3.05, 3.63) is 39.9 Å². The molecule has 1 rings (SSSR count). The van der Waals surface area contributed by atoms with Gasteiger partial charge in [0.25, 0.3) is 5.69 Å². The predicted octanol–water partition coefficient (Wildman–Crippen LogP) is 1.68. The first-order valence-electron chi connectivity index (χ1n) is 4.42. The van der Waals surface area contributed by atoms with Crippen LogP contribution in [-0.2, 0) is 0 Å². The van der Waals surface area contributed by atoms with Gasteiger partial charge < -0.3 is 0 Å². The zero-order valence-electron chi connectivity index (χ0n) is 7.90. The van der Waals surface area contributed by atoms with Gasteiger partial charge in [0, 0.05) is 17.7 Å². The van der Waals surface area contributed by atoms with Gasteiger partial charge in [-0.05, 0) is 6.32 Å². The molecule has 1 aromatic carbocycles. The summed E-state index contributed by atoms with van der Waals surface area (Å²) in [5, 5.41) is 10.4. The molecule has 0 spiro atoms. The Balaban J connectivity index is 2.93. The van der Waals surface area contributed by atoms with E-state index in [0.717, 1.165) is 7.28 Å². The number of nitro groups is 1. The maximum atomic E-state index is 11.4. The molecule has 0 aliphatic carbocycles. The van der Waals surface area contributed by atoms with Crippen molar-refractivity contribution < 1.29 is 9.72 Å². The SMILES string of the molecule is CBCC(=O)c1cccc([N+](=O)[O-])c1. The molecule has 0 aromatic heterocycles. The number of rotatable bonds is 4. The number of non-ortho nitro benzene ring substituents is 1. The molecule has 5 heteroatoms. The van der Waals surface area contributed by atoms with Crippen molar-refractivity contribution in [3.8, 4) is 0 Å². The quantitative estimate of drug-likeness (QED) is 0.314. The molecule has 0 saturated heterocycles. The average Bonchev–Trinajstić information content (AvgIpc) is 2.18. The lowest BCUT2D eigenvalue weighted by Gasteiger charge is -1.97. The van der Waals surface area contributed by atoms with E-state index in [4.69, 9.17) is 0 Å². The lowest BCUT2D eigenvalue weighted by atomic mass is 9.75. The van der Waals surface area contributed by atoms with Crippen LogP contribution in [0.15, 0.2) is 24.3 Å². The van der Waals surface area contributed by atoms with E-state index in [-0.39, 0.29) is 11.5 Å². The molecule has 4 nitrogen and oxygen atoms in total. The van der Waals surface area contributed by atoms with E-state index in [2.05, 4.69) is 0 Å². The number of nitro benzene ring substituents is 1. The van der Waals surface area contributed by atoms with Crippen LogP contribution >= 0.6 is 0 Å². The van der Waals surface area contributed by atoms with E-state index in [0.29, 0.717) is 11.9 Å². The highest BCUT2D eigenvalue weighted by Crippen LogP contribution is 2.14. The van der Waals surface area contributed by atoms with E-state index in [1.165, 1.54) is 18.2 Å². The third kappa shape index (κ3) is 2.42. The number of hydrogen-bond donors (Lipinski definition) is 0. The molecule has 0 bridgehead atoms. The molecular formula is C9H10BNO3. The molecule has 0 fully saturated rings. The molecule has 0 radical (unpaired) electrons. The van der Waals surface area contributed by atoms with Gasteiger partial charge in [-0.25, -0.2) is 0 Å². The molecule has 0 amide bonds. The number of hydrogen-bond acceptors (Lipinski definition) is 3. The van der Waals surface area contributed by atoms with Crippen LogP contribution in [0.5, 0.6) is 0 Å². The number of benzene rings is 1. The topological polar surface area (TPSA) is 60.2 Å². The van der Waals surface area contributed by atoms with Crippen LogP contribution < -0.4 is 0 Å². The smallest absolute Gasteiger partial charge is 0.270 e. The van der Waals surface area contributed by atoms with Crippen molar-refractivity contribution in [2.24, 2.45) is 0 Å². The highest BCUT2D eigenvalue weighted by molar-refractivity contribution is 6.41. The minimum atomic E-state index is -0.497. The summed E-state index contributed by atoms with van der Waals surface area (Å²) in [5.74, 6) is -0.0452. The lowest BCUT2D eigenvalue weighted by molar-refractivity contribution is -0.384. The van der Waals surface area contributed by atoms with E-state index in [1.54, 1.807) is 6.07 Å². The Hall–Kier alpha value is -1.65. The summed E-state index contributed by atoms with van der Waals surface area (Å²) >= 11 is 0. The van der Waals surface area contributed by atoms with Gasteiger partial charge in [0.1, 0.15) is 7.28 Å². The third-order valence-corrected chi connectivity index (χ3v) is 1.86. The number of ketones is 1. The fourth-order valence-electron chi connectivity index (χ4n) is 1.16. The van der Waals surface area contributed by atoms with Crippen LogP contribution in [0.4, 0.5) is 5.69 Å². The number of carbonyl (C=O) groups excluding carboxylic acids is 1. The monoisotopic (exact) mass is 191 g/mol. The zero-order chi connectivity index (χ0) is 10.6. The van der Waals surface area contributed by atoms with Crippen molar-refractivity contribution in [3.63, 3.8) is 0 Å². The van der Waals surface area contributed by atoms with Crippen LogP contribution in [0.1, 0.15) is 10.4 Å². The van der Waals surface area contributed by atoms with E-state index in [1.807, 2.05) is 6.82 Å². The molecule has 0 aliphatic rings. The van der Waals surface area contributed by atoms with Crippen LogP contribution in [-0.4, -0.2) is 18.0 Å². The molecule has 0 heterocycles. The summed E-state index contributed by atoms with van der Waals surface area (Å²) in [5.41, 5.74) is 0.382. The summed E-state index contributed by atoms with van der Waals surface area (Å²) in [6.07, 6.45) is 0.432. The van der Waals surface area contributed by atoms with Crippen LogP contribution in [0, 0.1) is 10.1 Å². The van der Waals surface area contributed by atoms with Crippen LogP contribution in [0.3, 0.4) is 0 Å². The summed E-state index contributed by atoms with van der Waals surface area (Å²) in [7, 11) is 0.752. The molecule has 0 atom stereocenters. The Morgan fingerprint density at radius 2 is 2.29 bits per heavy atom. The predicted molar refractivity (Wildman–Crippen MR) is 55.2 cm³/mol. The Morgan fingerprint density at radius 3 is 2.86 bits per heavy atom. The molecule has 1 aromatic rings. The zero-order valence-corrected chi connectivity index (χ0v) is 7.90. The molecule has 0 aliphatic heterocycles. The maximum absolute atomic E-state index is 11.4. The van der Waals surface area contributed by atoms with Crippen molar-refractivity contribution in [1.29, 1.82) is 0 Å². The number of Topliss-reactive ketones (excluding diaryl/α,β-unsaturated/α-hetero) is 1. The molecule has 72 valence electrons. The first-order chi connectivity index (χ1) is 6.65. The Labute approximate surface area is 82.3 Å². The van der Waals surface area contributed by atoms with Crippen molar-refractivity contribution in [1.82, 2.24) is 0 Å². The Bertz CT molecular complexity index is 365. The van der Waals surface area contributed by atoms with Gasteiger partial charge in [-0.15, -0.1) is 0 Å². The summed E-state index contributed by atoms with van der Waals surface area (Å²) in [6, 6.07) is 5.83. The van der Waals surface area contributed by atoms with E-state index in [9.17, 15) is 14.9 Å². The molecular weight excluding hydrogens is 181 g/mol. The standard InChI is InChI=1S/C9H10BNO3/c1-10-6-9(12)7-3-2-4-8(5-7)11(13)14/h2-5,10H,6H2,1H3. The van der Waals surface area contributed by atoms with Gasteiger partial charge in [-0.3, -0.25) is 14.9 Å². The minimum Gasteiger partial charge on any atom is -0.295 e. The maximum Gasteiger partial charge on any atom is 0.270 e. The normalized spacial score (nSPS) is 9.50. The highest BCUT2D eigenvalue weighted by atomic mass is 16.6. The van der Waals surface area contributed by atoms with Crippen molar-refractivity contribution in [2.75, 3.05) is 0 Å². The van der Waals surface area contributed by atoms with E-state index < -0.39 is 4.92 Å². The lowest BCUT2D eigenvalue weighted by Crippen LogP contribution is -2.01. The van der Waals surface area contributed by atoms with Gasteiger partial charge in [-0.2, -0.15) is 0 Å². The minimum absolute atomic E-state index is 0.0352. The van der Waals surface area contributed by atoms with Gasteiger partial charge in [0.2, 0.25) is 0 Å². The average molecular weight is 191 g/mol. The second kappa shape index (κ2) is 4.55.